The van der Waals surface area contributed by atoms with E-state index in [9.17, 15) is 21.6 Å². The Bertz CT molecular complexity index is 1150. The van der Waals surface area contributed by atoms with Crippen molar-refractivity contribution in [3.05, 3.63) is 48.0 Å². The second-order valence-corrected chi connectivity index (χ2v) is 10.6. The zero-order valence-electron chi connectivity index (χ0n) is 17.2. The summed E-state index contributed by atoms with van der Waals surface area (Å²) in [7, 11) is -5.16. The van der Waals surface area contributed by atoms with Gasteiger partial charge in [-0.05, 0) is 55.3 Å². The van der Waals surface area contributed by atoms with Gasteiger partial charge in [-0.3, -0.25) is 4.72 Å². The van der Waals surface area contributed by atoms with Crippen LogP contribution in [0.4, 0.5) is 5.69 Å². The molecule has 0 radical (unpaired) electrons. The Balaban J connectivity index is 1.87. The summed E-state index contributed by atoms with van der Waals surface area (Å²) in [6.45, 7) is 0.912. The highest BCUT2D eigenvalue weighted by Gasteiger charge is 2.27. The second-order valence-electron chi connectivity index (χ2n) is 6.94. The maximum absolute atomic E-state index is 12.8. The van der Waals surface area contributed by atoms with Gasteiger partial charge in [-0.25, -0.2) is 21.6 Å². The number of anilines is 1. The molecule has 0 spiro atoms. The molecule has 1 N–H and O–H groups in total. The molecule has 168 valence electrons. The fraction of sp³-hybridized carbons (Fsp3) is 0.350. The van der Waals surface area contributed by atoms with E-state index in [4.69, 9.17) is 9.47 Å². The SMILES string of the molecule is COC(=O)c1cc(OC)ccc1NS(=O)(=O)c1ccc(S(=O)(=O)N2CCCCC2)cc1. The van der Waals surface area contributed by atoms with Gasteiger partial charge in [0.05, 0.1) is 35.3 Å². The lowest BCUT2D eigenvalue weighted by Gasteiger charge is -2.25. The molecule has 3 rings (SSSR count). The molecule has 31 heavy (non-hydrogen) atoms. The number of piperidine rings is 1. The van der Waals surface area contributed by atoms with Gasteiger partial charge < -0.3 is 9.47 Å². The number of ether oxygens (including phenoxy) is 2. The van der Waals surface area contributed by atoms with Crippen molar-refractivity contribution in [3.8, 4) is 5.75 Å². The number of carbonyl (C=O) groups is 1. The summed E-state index contributed by atoms with van der Waals surface area (Å²) in [6, 6.07) is 9.23. The van der Waals surface area contributed by atoms with Crippen molar-refractivity contribution >= 4 is 31.7 Å². The highest BCUT2D eigenvalue weighted by Crippen LogP contribution is 2.27. The molecule has 0 amide bonds. The molecule has 0 saturated carbocycles. The van der Waals surface area contributed by atoms with E-state index in [1.54, 1.807) is 0 Å². The number of carbonyl (C=O) groups excluding carboxylic acids is 1. The number of sulfonamides is 2. The summed E-state index contributed by atoms with van der Waals surface area (Å²) in [5.41, 5.74) is -0.00705. The lowest BCUT2D eigenvalue weighted by molar-refractivity contribution is 0.0601. The van der Waals surface area contributed by atoms with Gasteiger partial charge in [0.2, 0.25) is 10.0 Å². The Morgan fingerprint density at radius 3 is 2.10 bits per heavy atom. The van der Waals surface area contributed by atoms with Crippen LogP contribution in [0.2, 0.25) is 0 Å². The van der Waals surface area contributed by atoms with Crippen molar-refractivity contribution in [3.63, 3.8) is 0 Å². The summed E-state index contributed by atoms with van der Waals surface area (Å²) >= 11 is 0. The minimum Gasteiger partial charge on any atom is -0.497 e. The van der Waals surface area contributed by atoms with Gasteiger partial charge in [0.25, 0.3) is 10.0 Å². The van der Waals surface area contributed by atoms with Crippen LogP contribution in [0.3, 0.4) is 0 Å². The molecule has 11 heteroatoms. The van der Waals surface area contributed by atoms with Crippen LogP contribution < -0.4 is 9.46 Å². The molecule has 2 aromatic carbocycles. The fourth-order valence-corrected chi connectivity index (χ4v) is 5.86. The first-order valence-electron chi connectivity index (χ1n) is 9.58. The van der Waals surface area contributed by atoms with E-state index in [1.165, 1.54) is 61.0 Å². The molecule has 0 atom stereocenters. The molecule has 0 aliphatic carbocycles. The minimum absolute atomic E-state index is 0.0117. The number of hydrogen-bond donors (Lipinski definition) is 1. The van der Waals surface area contributed by atoms with Gasteiger partial charge in [-0.2, -0.15) is 4.31 Å². The van der Waals surface area contributed by atoms with Crippen molar-refractivity contribution in [2.45, 2.75) is 29.1 Å². The van der Waals surface area contributed by atoms with E-state index in [0.717, 1.165) is 19.3 Å². The standard InChI is InChI=1S/C20H24N2O7S2/c1-28-15-6-11-19(18(14-15)20(23)29-2)21-30(24,25)16-7-9-17(10-8-16)31(26,27)22-12-4-3-5-13-22/h6-11,14,21H,3-5,12-13H2,1-2H3. The van der Waals surface area contributed by atoms with Gasteiger partial charge in [0.1, 0.15) is 5.75 Å². The van der Waals surface area contributed by atoms with Crippen LogP contribution in [0, 0.1) is 0 Å². The summed E-state index contributed by atoms with van der Waals surface area (Å²) in [4.78, 5) is 11.9. The predicted molar refractivity (Wildman–Crippen MR) is 114 cm³/mol. The molecular weight excluding hydrogens is 444 g/mol. The Morgan fingerprint density at radius 1 is 0.903 bits per heavy atom. The molecule has 9 nitrogen and oxygen atoms in total. The van der Waals surface area contributed by atoms with Crippen LogP contribution >= 0.6 is 0 Å². The van der Waals surface area contributed by atoms with Crippen molar-refractivity contribution in [1.29, 1.82) is 0 Å². The van der Waals surface area contributed by atoms with Crippen LogP contribution in [-0.2, 0) is 24.8 Å². The van der Waals surface area contributed by atoms with Crippen molar-refractivity contribution in [2.75, 3.05) is 32.0 Å². The number of esters is 1. The van der Waals surface area contributed by atoms with E-state index in [-0.39, 0.29) is 21.0 Å². The van der Waals surface area contributed by atoms with Crippen LogP contribution in [0.25, 0.3) is 0 Å². The lowest BCUT2D eigenvalue weighted by Crippen LogP contribution is -2.35. The summed E-state index contributed by atoms with van der Waals surface area (Å²) in [5, 5.41) is 0. The molecule has 1 heterocycles. The molecule has 1 aliphatic rings. The molecule has 0 unspecified atom stereocenters. The number of hydrogen-bond acceptors (Lipinski definition) is 7. The smallest absolute Gasteiger partial charge is 0.340 e. The Morgan fingerprint density at radius 2 is 1.52 bits per heavy atom. The molecule has 1 saturated heterocycles. The largest absolute Gasteiger partial charge is 0.497 e. The molecule has 1 fully saturated rings. The number of rotatable bonds is 7. The quantitative estimate of drug-likeness (QED) is 0.620. The average molecular weight is 469 g/mol. The Kier molecular flexibility index (Phi) is 6.87. The third-order valence-electron chi connectivity index (χ3n) is 4.96. The van der Waals surface area contributed by atoms with Crippen LogP contribution in [0.1, 0.15) is 29.6 Å². The Labute approximate surface area is 182 Å². The fourth-order valence-electron chi connectivity index (χ4n) is 3.27. The average Bonchev–Trinajstić information content (AvgIpc) is 2.79. The number of methoxy groups -OCH3 is 2. The zero-order chi connectivity index (χ0) is 22.6. The van der Waals surface area contributed by atoms with Gasteiger partial charge in [-0.1, -0.05) is 6.42 Å². The van der Waals surface area contributed by atoms with Gasteiger partial charge in [-0.15, -0.1) is 0 Å². The first-order valence-corrected chi connectivity index (χ1v) is 12.5. The molecular formula is C20H24N2O7S2. The Hall–Kier alpha value is -2.63. The van der Waals surface area contributed by atoms with E-state index >= 15 is 0 Å². The lowest BCUT2D eigenvalue weighted by atomic mass is 10.2. The van der Waals surface area contributed by atoms with Crippen molar-refractivity contribution in [1.82, 2.24) is 4.31 Å². The van der Waals surface area contributed by atoms with Gasteiger partial charge in [0, 0.05) is 13.1 Å². The number of nitrogens with one attached hydrogen (secondary N) is 1. The van der Waals surface area contributed by atoms with E-state index in [0.29, 0.717) is 18.8 Å². The molecule has 2 aromatic rings. The maximum atomic E-state index is 12.8. The maximum Gasteiger partial charge on any atom is 0.340 e. The highest BCUT2D eigenvalue weighted by atomic mass is 32.2. The highest BCUT2D eigenvalue weighted by molar-refractivity contribution is 7.92. The number of benzene rings is 2. The van der Waals surface area contributed by atoms with Crippen LogP contribution in [0.15, 0.2) is 52.3 Å². The van der Waals surface area contributed by atoms with Crippen molar-refractivity contribution in [2.24, 2.45) is 0 Å². The van der Waals surface area contributed by atoms with E-state index in [1.807, 2.05) is 0 Å². The topological polar surface area (TPSA) is 119 Å². The van der Waals surface area contributed by atoms with Gasteiger partial charge >= 0.3 is 5.97 Å². The molecule has 0 bridgehead atoms. The monoisotopic (exact) mass is 468 g/mol. The third kappa shape index (κ3) is 5.00. The van der Waals surface area contributed by atoms with Crippen LogP contribution in [0.5, 0.6) is 5.75 Å². The van der Waals surface area contributed by atoms with Gasteiger partial charge in [0.15, 0.2) is 0 Å². The molecule has 1 aliphatic heterocycles. The minimum atomic E-state index is -4.09. The normalized spacial score (nSPS) is 15.3. The van der Waals surface area contributed by atoms with E-state index in [2.05, 4.69) is 4.72 Å². The third-order valence-corrected chi connectivity index (χ3v) is 8.26. The van der Waals surface area contributed by atoms with Crippen LogP contribution in [-0.4, -0.2) is 54.4 Å². The number of nitrogens with zero attached hydrogens (tertiary/aromatic N) is 1. The summed E-state index contributed by atoms with van der Waals surface area (Å²) in [6.07, 6.45) is 2.60. The summed E-state index contributed by atoms with van der Waals surface area (Å²) < 4.78 is 64.7. The van der Waals surface area contributed by atoms with E-state index < -0.39 is 26.0 Å². The summed E-state index contributed by atoms with van der Waals surface area (Å²) in [5.74, 6) is -0.379. The molecule has 0 aromatic heterocycles. The zero-order valence-corrected chi connectivity index (χ0v) is 18.8. The second kappa shape index (κ2) is 9.25. The van der Waals surface area contributed by atoms with Crippen molar-refractivity contribution < 1.29 is 31.1 Å². The predicted octanol–water partition coefficient (Wildman–Crippen LogP) is 2.46. The first kappa shape index (κ1) is 23.0. The first-order chi connectivity index (χ1) is 14.7.